The third-order valence-electron chi connectivity index (χ3n) is 2.83. The third kappa shape index (κ3) is 2.50. The number of ether oxygens (including phenoxy) is 1. The van der Waals surface area contributed by atoms with Crippen LogP contribution in [0.1, 0.15) is 16.1 Å². The SMILES string of the molecule is COc1c([N+](=O)[O-])c(C(=O)O)cc2nc(C(F)(F)F)ccc12. The molecule has 0 bridgehead atoms. The Bertz CT molecular complexity index is 788. The average Bonchev–Trinajstić information content (AvgIpc) is 2.43. The molecule has 1 heterocycles. The first kappa shape index (κ1) is 15.5. The Balaban J connectivity index is 2.91. The molecule has 0 aliphatic rings. The fourth-order valence-corrected chi connectivity index (χ4v) is 1.94. The van der Waals surface area contributed by atoms with E-state index in [9.17, 15) is 28.1 Å². The van der Waals surface area contributed by atoms with E-state index in [4.69, 9.17) is 9.84 Å². The van der Waals surface area contributed by atoms with Crippen molar-refractivity contribution in [3.63, 3.8) is 0 Å². The van der Waals surface area contributed by atoms with E-state index in [1.807, 2.05) is 0 Å². The van der Waals surface area contributed by atoms with Gasteiger partial charge in [-0.15, -0.1) is 0 Å². The molecule has 116 valence electrons. The number of alkyl halides is 3. The smallest absolute Gasteiger partial charge is 0.433 e. The molecule has 22 heavy (non-hydrogen) atoms. The highest BCUT2D eigenvalue weighted by molar-refractivity contribution is 6.02. The number of nitrogens with zero attached hydrogens (tertiary/aromatic N) is 2. The fraction of sp³-hybridized carbons (Fsp3) is 0.167. The van der Waals surface area contributed by atoms with Crippen molar-refractivity contribution in [1.82, 2.24) is 4.98 Å². The number of nitro groups is 1. The number of carboxylic acid groups (broad SMARTS) is 1. The number of pyridine rings is 1. The van der Waals surface area contributed by atoms with Crippen LogP contribution in [0, 0.1) is 10.1 Å². The quantitative estimate of drug-likeness (QED) is 0.690. The normalized spacial score (nSPS) is 11.5. The highest BCUT2D eigenvalue weighted by Gasteiger charge is 2.34. The summed E-state index contributed by atoms with van der Waals surface area (Å²) in [5, 5.41) is 20.0. The molecule has 0 amide bonds. The van der Waals surface area contributed by atoms with Crippen LogP contribution >= 0.6 is 0 Å². The maximum absolute atomic E-state index is 12.6. The summed E-state index contributed by atoms with van der Waals surface area (Å²) >= 11 is 0. The number of nitro benzene ring substituents is 1. The molecule has 0 radical (unpaired) electrons. The molecule has 2 aromatic rings. The van der Waals surface area contributed by atoms with Crippen LogP contribution in [0.4, 0.5) is 18.9 Å². The number of carbonyl (C=O) groups is 1. The number of aromatic carboxylic acids is 1. The summed E-state index contributed by atoms with van der Waals surface area (Å²) in [5.41, 5.74) is -3.26. The summed E-state index contributed by atoms with van der Waals surface area (Å²) in [5.74, 6) is -2.13. The lowest BCUT2D eigenvalue weighted by Gasteiger charge is -2.11. The van der Waals surface area contributed by atoms with E-state index in [2.05, 4.69) is 4.98 Å². The number of carboxylic acids is 1. The molecule has 0 atom stereocenters. The highest BCUT2D eigenvalue weighted by Crippen LogP contribution is 2.39. The third-order valence-corrected chi connectivity index (χ3v) is 2.83. The van der Waals surface area contributed by atoms with Crippen molar-refractivity contribution in [1.29, 1.82) is 0 Å². The first-order valence-corrected chi connectivity index (χ1v) is 5.63. The Hall–Kier alpha value is -2.91. The highest BCUT2D eigenvalue weighted by atomic mass is 19.4. The van der Waals surface area contributed by atoms with Gasteiger partial charge in [-0.1, -0.05) is 0 Å². The van der Waals surface area contributed by atoms with Crippen molar-refractivity contribution in [3.8, 4) is 5.75 Å². The molecule has 10 heteroatoms. The molecule has 1 aromatic heterocycles. The van der Waals surface area contributed by atoms with Crippen LogP contribution in [0.2, 0.25) is 0 Å². The lowest BCUT2D eigenvalue weighted by atomic mass is 10.1. The predicted molar refractivity (Wildman–Crippen MR) is 66.9 cm³/mol. The van der Waals surface area contributed by atoms with Gasteiger partial charge in [0.1, 0.15) is 11.3 Å². The van der Waals surface area contributed by atoms with E-state index in [1.165, 1.54) is 0 Å². The van der Waals surface area contributed by atoms with E-state index >= 15 is 0 Å². The lowest BCUT2D eigenvalue weighted by molar-refractivity contribution is -0.385. The van der Waals surface area contributed by atoms with Crippen molar-refractivity contribution in [3.05, 3.63) is 39.6 Å². The molecule has 0 fully saturated rings. The molecule has 0 spiro atoms. The Morgan fingerprint density at radius 1 is 1.41 bits per heavy atom. The summed E-state index contributed by atoms with van der Waals surface area (Å²) in [4.78, 5) is 24.5. The number of methoxy groups -OCH3 is 1. The zero-order valence-electron chi connectivity index (χ0n) is 10.8. The standard InChI is InChI=1S/C12H7F3N2O5/c1-22-10-5-2-3-8(12(13,14)15)16-7(5)4-6(11(18)19)9(10)17(20)21/h2-4H,1H3,(H,18,19). The van der Waals surface area contributed by atoms with Gasteiger partial charge in [-0.25, -0.2) is 9.78 Å². The summed E-state index contributed by atoms with van der Waals surface area (Å²) in [7, 11) is 1.05. The largest absolute Gasteiger partial charge is 0.490 e. The summed E-state index contributed by atoms with van der Waals surface area (Å²) < 4.78 is 42.7. The van der Waals surface area contributed by atoms with Gasteiger partial charge in [0.2, 0.25) is 5.75 Å². The van der Waals surface area contributed by atoms with Crippen LogP contribution in [0.3, 0.4) is 0 Å². The molecule has 0 aliphatic heterocycles. The van der Waals surface area contributed by atoms with Gasteiger partial charge in [0.15, 0.2) is 0 Å². The molecule has 0 unspecified atom stereocenters. The van der Waals surface area contributed by atoms with Crippen LogP contribution in [0.15, 0.2) is 18.2 Å². The molecule has 1 aromatic carbocycles. The fourth-order valence-electron chi connectivity index (χ4n) is 1.94. The molecular weight excluding hydrogens is 309 g/mol. The van der Waals surface area contributed by atoms with Gasteiger partial charge in [-0.05, 0) is 18.2 Å². The average molecular weight is 316 g/mol. The molecule has 1 N–H and O–H groups in total. The molecular formula is C12H7F3N2O5. The second-order valence-electron chi connectivity index (χ2n) is 4.13. The Labute approximate surface area is 120 Å². The maximum atomic E-state index is 12.6. The van der Waals surface area contributed by atoms with Gasteiger partial charge < -0.3 is 9.84 Å². The van der Waals surface area contributed by atoms with Crippen LogP contribution in [-0.2, 0) is 6.18 Å². The summed E-state index contributed by atoms with van der Waals surface area (Å²) in [6, 6.07) is 2.30. The summed E-state index contributed by atoms with van der Waals surface area (Å²) in [6.07, 6.45) is -4.73. The van der Waals surface area contributed by atoms with Crippen molar-refractivity contribution in [2.45, 2.75) is 6.18 Å². The Morgan fingerprint density at radius 2 is 2.05 bits per heavy atom. The molecule has 0 saturated heterocycles. The van der Waals surface area contributed by atoms with Gasteiger partial charge in [0.25, 0.3) is 0 Å². The van der Waals surface area contributed by atoms with Gasteiger partial charge in [-0.3, -0.25) is 10.1 Å². The monoisotopic (exact) mass is 316 g/mol. The summed E-state index contributed by atoms with van der Waals surface area (Å²) in [6.45, 7) is 0. The topological polar surface area (TPSA) is 103 Å². The second kappa shape index (κ2) is 5.13. The van der Waals surface area contributed by atoms with Crippen LogP contribution in [0.5, 0.6) is 5.75 Å². The van der Waals surface area contributed by atoms with E-state index in [-0.39, 0.29) is 10.9 Å². The molecule has 2 rings (SSSR count). The van der Waals surface area contributed by atoms with E-state index in [0.29, 0.717) is 12.1 Å². The Kier molecular flexibility index (Phi) is 3.61. The first-order valence-electron chi connectivity index (χ1n) is 5.63. The number of benzene rings is 1. The van der Waals surface area contributed by atoms with Crippen molar-refractivity contribution >= 4 is 22.6 Å². The minimum atomic E-state index is -4.73. The van der Waals surface area contributed by atoms with Crippen LogP contribution in [0.25, 0.3) is 10.9 Å². The van der Waals surface area contributed by atoms with Crippen molar-refractivity contribution < 1.29 is 32.7 Å². The maximum Gasteiger partial charge on any atom is 0.433 e. The Morgan fingerprint density at radius 3 is 2.50 bits per heavy atom. The second-order valence-corrected chi connectivity index (χ2v) is 4.13. The minimum absolute atomic E-state index is 0.0906. The van der Waals surface area contributed by atoms with Crippen LogP contribution in [-0.4, -0.2) is 28.1 Å². The van der Waals surface area contributed by atoms with Gasteiger partial charge in [0, 0.05) is 5.39 Å². The number of rotatable bonds is 3. The predicted octanol–water partition coefficient (Wildman–Crippen LogP) is 2.87. The molecule has 0 saturated carbocycles. The molecule has 7 nitrogen and oxygen atoms in total. The van der Waals surface area contributed by atoms with E-state index in [1.54, 1.807) is 0 Å². The minimum Gasteiger partial charge on any atom is -0.490 e. The lowest BCUT2D eigenvalue weighted by Crippen LogP contribution is -2.09. The number of hydrogen-bond donors (Lipinski definition) is 1. The van der Waals surface area contributed by atoms with Gasteiger partial charge >= 0.3 is 17.8 Å². The number of fused-ring (bicyclic) bond motifs is 1. The van der Waals surface area contributed by atoms with Crippen molar-refractivity contribution in [2.75, 3.05) is 7.11 Å². The number of halogens is 3. The zero-order chi connectivity index (χ0) is 16.7. The van der Waals surface area contributed by atoms with Gasteiger partial charge in [0.05, 0.1) is 17.5 Å². The van der Waals surface area contributed by atoms with E-state index in [0.717, 1.165) is 13.2 Å². The van der Waals surface area contributed by atoms with E-state index < -0.39 is 39.8 Å². The van der Waals surface area contributed by atoms with Crippen molar-refractivity contribution in [2.24, 2.45) is 0 Å². The number of aromatic nitrogens is 1. The first-order chi connectivity index (χ1) is 10.2. The number of hydrogen-bond acceptors (Lipinski definition) is 5. The van der Waals surface area contributed by atoms with Crippen LogP contribution < -0.4 is 4.74 Å². The zero-order valence-corrected chi connectivity index (χ0v) is 10.8. The molecule has 0 aliphatic carbocycles. The van der Waals surface area contributed by atoms with Gasteiger partial charge in [-0.2, -0.15) is 13.2 Å².